The fourth-order valence-corrected chi connectivity index (χ4v) is 2.36. The van der Waals surface area contributed by atoms with Gasteiger partial charge in [-0.25, -0.2) is 4.79 Å². The normalized spacial score (nSPS) is 12.3. The Hall–Kier alpha value is -1.02. The molecule has 0 bridgehead atoms. The third-order valence-electron chi connectivity index (χ3n) is 2.28. The van der Waals surface area contributed by atoms with Crippen molar-refractivity contribution in [3.63, 3.8) is 0 Å². The van der Waals surface area contributed by atoms with Gasteiger partial charge in [0, 0.05) is 15.2 Å². The van der Waals surface area contributed by atoms with Gasteiger partial charge in [-0.15, -0.1) is 11.8 Å². The summed E-state index contributed by atoms with van der Waals surface area (Å²) in [7, 11) is 0. The molecule has 4 nitrogen and oxygen atoms in total. The summed E-state index contributed by atoms with van der Waals surface area (Å²) in [4.78, 5) is 15.2. The minimum Gasteiger partial charge on any atom is -0.478 e. The summed E-state index contributed by atoms with van der Waals surface area (Å²) in [5.41, 5.74) is -0.0306. The Morgan fingerprint density at radius 1 is 1.50 bits per heavy atom. The predicted molar refractivity (Wildman–Crippen MR) is 80.0 cm³/mol. The van der Waals surface area contributed by atoms with Crippen LogP contribution in [0.25, 0.3) is 10.9 Å². The van der Waals surface area contributed by atoms with Crippen LogP contribution < -0.4 is 4.74 Å². The quantitative estimate of drug-likeness (QED) is 0.658. The number of ether oxygens (including phenoxy) is 1. The van der Waals surface area contributed by atoms with Gasteiger partial charge in [-0.2, -0.15) is 0 Å². The van der Waals surface area contributed by atoms with Gasteiger partial charge in [-0.1, -0.05) is 0 Å². The Morgan fingerprint density at radius 2 is 2.28 bits per heavy atom. The SMILES string of the molecule is CSC(Oc1ccc2ncc(I)cc2c1)C(=O)O. The number of rotatable bonds is 4. The molecule has 0 amide bonds. The van der Waals surface area contributed by atoms with Gasteiger partial charge in [-0.3, -0.25) is 4.98 Å². The Labute approximate surface area is 122 Å². The molecule has 0 saturated carbocycles. The molecule has 94 valence electrons. The first kappa shape index (κ1) is 13.4. The summed E-state index contributed by atoms with van der Waals surface area (Å²) in [6, 6.07) is 7.33. The zero-order valence-electron chi connectivity index (χ0n) is 9.46. The summed E-state index contributed by atoms with van der Waals surface area (Å²) in [5.74, 6) is -0.448. The van der Waals surface area contributed by atoms with E-state index in [4.69, 9.17) is 9.84 Å². The van der Waals surface area contributed by atoms with E-state index >= 15 is 0 Å². The van der Waals surface area contributed by atoms with Crippen molar-refractivity contribution in [2.24, 2.45) is 0 Å². The number of nitrogens with zero attached hydrogens (tertiary/aromatic N) is 1. The van der Waals surface area contributed by atoms with Crippen molar-refractivity contribution in [2.75, 3.05) is 6.26 Å². The van der Waals surface area contributed by atoms with Crippen LogP contribution in [0.3, 0.4) is 0 Å². The lowest BCUT2D eigenvalue weighted by Crippen LogP contribution is -2.22. The number of pyridine rings is 1. The summed E-state index contributed by atoms with van der Waals surface area (Å²) < 4.78 is 6.43. The van der Waals surface area contributed by atoms with Crippen LogP contribution >= 0.6 is 34.4 Å². The van der Waals surface area contributed by atoms with Gasteiger partial charge in [0.1, 0.15) is 5.75 Å². The summed E-state index contributed by atoms with van der Waals surface area (Å²) in [5, 5.41) is 9.87. The number of halogens is 1. The first-order valence-electron chi connectivity index (χ1n) is 5.08. The molecule has 0 radical (unpaired) electrons. The van der Waals surface area contributed by atoms with E-state index in [0.29, 0.717) is 5.75 Å². The zero-order valence-corrected chi connectivity index (χ0v) is 12.4. The zero-order chi connectivity index (χ0) is 13.1. The molecular weight excluding hydrogens is 365 g/mol. The van der Waals surface area contributed by atoms with E-state index in [9.17, 15) is 4.79 Å². The molecule has 0 aliphatic carbocycles. The third-order valence-corrected chi connectivity index (χ3v) is 3.59. The van der Waals surface area contributed by atoms with E-state index in [1.54, 1.807) is 24.6 Å². The molecule has 6 heteroatoms. The second-order valence-corrected chi connectivity index (χ2v) is 5.68. The van der Waals surface area contributed by atoms with Crippen molar-refractivity contribution in [1.29, 1.82) is 0 Å². The number of carbonyl (C=O) groups is 1. The van der Waals surface area contributed by atoms with Gasteiger partial charge in [0.05, 0.1) is 5.52 Å². The largest absolute Gasteiger partial charge is 0.478 e. The number of thioether (sulfide) groups is 1. The Bertz CT molecular complexity index is 591. The van der Waals surface area contributed by atoms with E-state index in [1.165, 1.54) is 0 Å². The smallest absolute Gasteiger partial charge is 0.355 e. The highest BCUT2D eigenvalue weighted by atomic mass is 127. The number of hydrogen-bond donors (Lipinski definition) is 1. The van der Waals surface area contributed by atoms with Gasteiger partial charge in [0.15, 0.2) is 0 Å². The Morgan fingerprint density at radius 3 is 2.94 bits per heavy atom. The van der Waals surface area contributed by atoms with Crippen LogP contribution in [0.4, 0.5) is 0 Å². The monoisotopic (exact) mass is 375 g/mol. The average Bonchev–Trinajstić information content (AvgIpc) is 2.35. The summed E-state index contributed by atoms with van der Waals surface area (Å²) in [6.45, 7) is 0. The maximum absolute atomic E-state index is 10.9. The second-order valence-electron chi connectivity index (χ2n) is 3.53. The van der Waals surface area contributed by atoms with Crippen molar-refractivity contribution in [1.82, 2.24) is 4.98 Å². The molecule has 1 heterocycles. The molecule has 0 aliphatic rings. The number of carboxylic acids is 1. The van der Waals surface area contributed by atoms with Crippen molar-refractivity contribution in [2.45, 2.75) is 5.44 Å². The van der Waals surface area contributed by atoms with Crippen LogP contribution in [0.15, 0.2) is 30.5 Å². The van der Waals surface area contributed by atoms with Gasteiger partial charge in [-0.05, 0) is 53.1 Å². The third kappa shape index (κ3) is 3.05. The average molecular weight is 375 g/mol. The molecular formula is C12H10INO3S. The molecule has 2 rings (SSSR count). The van der Waals surface area contributed by atoms with Crippen LogP contribution in [0, 0.1) is 3.57 Å². The van der Waals surface area contributed by atoms with Gasteiger partial charge in [0.2, 0.25) is 5.44 Å². The van der Waals surface area contributed by atoms with Crippen molar-refractivity contribution in [3.8, 4) is 5.75 Å². The summed E-state index contributed by atoms with van der Waals surface area (Å²) >= 11 is 3.32. The van der Waals surface area contributed by atoms with Crippen LogP contribution in [0.2, 0.25) is 0 Å². The standard InChI is InChI=1S/C12H10INO3S/c1-18-12(11(15)16)17-9-2-3-10-7(5-9)4-8(13)6-14-10/h2-6,12H,1H3,(H,15,16). The lowest BCUT2D eigenvalue weighted by molar-refractivity contribution is -0.140. The number of aromatic nitrogens is 1. The molecule has 0 aliphatic heterocycles. The first-order chi connectivity index (χ1) is 8.60. The van der Waals surface area contributed by atoms with E-state index in [2.05, 4.69) is 27.6 Å². The van der Waals surface area contributed by atoms with Crippen molar-refractivity contribution in [3.05, 3.63) is 34.0 Å². The van der Waals surface area contributed by atoms with E-state index in [1.807, 2.05) is 12.1 Å². The van der Waals surface area contributed by atoms with Gasteiger partial charge in [0.25, 0.3) is 0 Å². The van der Waals surface area contributed by atoms with Crippen LogP contribution in [0.1, 0.15) is 0 Å². The molecule has 1 atom stereocenters. The number of carboxylic acid groups (broad SMARTS) is 1. The fraction of sp³-hybridized carbons (Fsp3) is 0.167. The van der Waals surface area contributed by atoms with Crippen LogP contribution in [-0.2, 0) is 4.79 Å². The molecule has 18 heavy (non-hydrogen) atoms. The molecule has 2 aromatic rings. The maximum atomic E-state index is 10.9. The first-order valence-corrected chi connectivity index (χ1v) is 7.44. The molecule has 1 unspecified atom stereocenters. The van der Waals surface area contributed by atoms with Gasteiger partial charge < -0.3 is 9.84 Å². The highest BCUT2D eigenvalue weighted by Crippen LogP contribution is 2.23. The predicted octanol–water partition coefficient (Wildman–Crippen LogP) is 2.99. The molecule has 1 N–H and O–H groups in total. The molecule has 1 aromatic carbocycles. The number of hydrogen-bond acceptors (Lipinski definition) is 4. The van der Waals surface area contributed by atoms with Crippen molar-refractivity contribution < 1.29 is 14.6 Å². The minimum absolute atomic E-state index is 0.535. The highest BCUT2D eigenvalue weighted by molar-refractivity contribution is 14.1. The van der Waals surface area contributed by atoms with E-state index in [-0.39, 0.29) is 0 Å². The number of benzene rings is 1. The number of aliphatic carboxylic acids is 1. The Balaban J connectivity index is 2.31. The lowest BCUT2D eigenvalue weighted by Gasteiger charge is -2.12. The fourth-order valence-electron chi connectivity index (χ4n) is 1.48. The minimum atomic E-state index is -0.983. The molecule has 0 saturated heterocycles. The summed E-state index contributed by atoms with van der Waals surface area (Å²) in [6.07, 6.45) is 3.48. The molecule has 0 fully saturated rings. The lowest BCUT2D eigenvalue weighted by atomic mass is 10.2. The molecule has 1 aromatic heterocycles. The topological polar surface area (TPSA) is 59.4 Å². The van der Waals surface area contributed by atoms with E-state index < -0.39 is 11.4 Å². The number of fused-ring (bicyclic) bond motifs is 1. The second kappa shape index (κ2) is 5.75. The van der Waals surface area contributed by atoms with Crippen LogP contribution in [-0.4, -0.2) is 27.8 Å². The van der Waals surface area contributed by atoms with Crippen LogP contribution in [0.5, 0.6) is 5.75 Å². The Kier molecular flexibility index (Phi) is 4.28. The van der Waals surface area contributed by atoms with Gasteiger partial charge >= 0.3 is 5.97 Å². The van der Waals surface area contributed by atoms with Crippen molar-refractivity contribution >= 4 is 51.2 Å². The maximum Gasteiger partial charge on any atom is 0.355 e. The molecule has 0 spiro atoms. The van der Waals surface area contributed by atoms with E-state index in [0.717, 1.165) is 26.2 Å². The highest BCUT2D eigenvalue weighted by Gasteiger charge is 2.17.